The molecule has 166 valence electrons. The molecule has 1 aromatic heterocycles. The first-order valence-corrected chi connectivity index (χ1v) is 10.6. The van der Waals surface area contributed by atoms with Gasteiger partial charge in [-0.05, 0) is 37.3 Å². The van der Waals surface area contributed by atoms with Crippen LogP contribution < -0.4 is 5.32 Å². The van der Waals surface area contributed by atoms with Crippen LogP contribution in [0.3, 0.4) is 0 Å². The number of ketones is 2. The summed E-state index contributed by atoms with van der Waals surface area (Å²) in [5, 5.41) is 3.52. The van der Waals surface area contributed by atoms with Crippen LogP contribution in [0, 0.1) is 0 Å². The third-order valence-corrected chi connectivity index (χ3v) is 5.65. The molecule has 1 amide bonds. The van der Waals surface area contributed by atoms with Crippen LogP contribution in [0.1, 0.15) is 49.3 Å². The van der Waals surface area contributed by atoms with Crippen molar-refractivity contribution in [2.24, 2.45) is 0 Å². The van der Waals surface area contributed by atoms with Crippen molar-refractivity contribution < 1.29 is 23.9 Å². The largest absolute Gasteiger partial charge is 0.448 e. The summed E-state index contributed by atoms with van der Waals surface area (Å²) in [4.78, 5) is 55.0. The molecule has 1 unspecified atom stereocenters. The number of fused-ring (bicyclic) bond motifs is 3. The number of benzene rings is 3. The molecular weight excluding hydrogens is 432 g/mol. The zero-order valence-electron chi connectivity index (χ0n) is 18.1. The van der Waals surface area contributed by atoms with Crippen LogP contribution in [0.5, 0.6) is 0 Å². The number of carbonyl (C=O) groups excluding carboxylic acids is 4. The SMILES string of the molecule is CC(OC(=O)c1ccc2ccccc2n1)C(=O)Nc1ccc2c(c1)C(=O)c1ccccc1C2=O. The van der Waals surface area contributed by atoms with Crippen molar-refractivity contribution >= 4 is 40.0 Å². The summed E-state index contributed by atoms with van der Waals surface area (Å²) in [7, 11) is 0. The van der Waals surface area contributed by atoms with Gasteiger partial charge >= 0.3 is 5.97 Å². The summed E-state index contributed by atoms with van der Waals surface area (Å²) in [6.07, 6.45) is -1.12. The van der Waals surface area contributed by atoms with Crippen LogP contribution in [-0.2, 0) is 9.53 Å². The summed E-state index contributed by atoms with van der Waals surface area (Å²) in [6.45, 7) is 1.44. The number of nitrogens with one attached hydrogen (secondary N) is 1. The molecule has 5 rings (SSSR count). The molecule has 0 fully saturated rings. The van der Waals surface area contributed by atoms with E-state index in [-0.39, 0.29) is 28.4 Å². The van der Waals surface area contributed by atoms with Gasteiger partial charge < -0.3 is 10.1 Å². The first-order chi connectivity index (χ1) is 16.4. The molecule has 1 aliphatic rings. The number of nitrogens with zero attached hydrogens (tertiary/aromatic N) is 1. The Hall–Kier alpha value is -4.65. The molecule has 0 aliphatic heterocycles. The highest BCUT2D eigenvalue weighted by molar-refractivity contribution is 6.28. The lowest BCUT2D eigenvalue weighted by molar-refractivity contribution is -0.123. The number of carbonyl (C=O) groups is 4. The molecule has 1 N–H and O–H groups in total. The molecule has 0 radical (unpaired) electrons. The molecule has 34 heavy (non-hydrogen) atoms. The van der Waals surface area contributed by atoms with E-state index >= 15 is 0 Å². The molecule has 1 aliphatic carbocycles. The third kappa shape index (κ3) is 3.73. The number of para-hydroxylation sites is 1. The molecule has 3 aromatic carbocycles. The van der Waals surface area contributed by atoms with Gasteiger partial charge in [0.25, 0.3) is 5.91 Å². The molecule has 1 atom stereocenters. The lowest BCUT2D eigenvalue weighted by Gasteiger charge is -2.19. The number of anilines is 1. The standard InChI is InChI=1S/C27H18N2O5/c1-15(34-27(33)23-13-10-16-6-2-5-9-22(16)29-23)26(32)28-17-11-12-20-21(14-17)25(31)19-8-4-3-7-18(19)24(20)30/h2-15H,1H3,(H,28,32). The van der Waals surface area contributed by atoms with Crippen molar-refractivity contribution in [1.29, 1.82) is 0 Å². The van der Waals surface area contributed by atoms with Crippen molar-refractivity contribution in [2.45, 2.75) is 13.0 Å². The van der Waals surface area contributed by atoms with Crippen LogP contribution >= 0.6 is 0 Å². The second-order valence-corrected chi connectivity index (χ2v) is 7.89. The summed E-state index contributed by atoms with van der Waals surface area (Å²) < 4.78 is 5.28. The molecule has 0 saturated carbocycles. The second-order valence-electron chi connectivity index (χ2n) is 7.89. The minimum Gasteiger partial charge on any atom is -0.448 e. The quantitative estimate of drug-likeness (QED) is 0.412. The Labute approximate surface area is 194 Å². The van der Waals surface area contributed by atoms with Gasteiger partial charge in [-0.1, -0.05) is 48.5 Å². The predicted octanol–water partition coefficient (Wildman–Crippen LogP) is 4.19. The lowest BCUT2D eigenvalue weighted by Crippen LogP contribution is -2.30. The number of esters is 1. The molecule has 7 heteroatoms. The number of hydrogen-bond acceptors (Lipinski definition) is 6. The van der Waals surface area contributed by atoms with Gasteiger partial charge in [-0.15, -0.1) is 0 Å². The van der Waals surface area contributed by atoms with E-state index in [1.165, 1.54) is 25.1 Å². The molecule has 0 bridgehead atoms. The summed E-state index contributed by atoms with van der Waals surface area (Å²) in [6, 6.07) is 21.8. The Morgan fingerprint density at radius 3 is 2.21 bits per heavy atom. The highest BCUT2D eigenvalue weighted by Gasteiger charge is 2.30. The number of pyridine rings is 1. The van der Waals surface area contributed by atoms with E-state index in [9.17, 15) is 19.2 Å². The summed E-state index contributed by atoms with van der Waals surface area (Å²) in [5.41, 5.74) is 2.23. The maximum atomic E-state index is 12.9. The van der Waals surface area contributed by atoms with Gasteiger partial charge in [0.15, 0.2) is 17.7 Å². The minimum absolute atomic E-state index is 0.0925. The molecular formula is C27H18N2O5. The van der Waals surface area contributed by atoms with E-state index < -0.39 is 18.0 Å². The minimum atomic E-state index is -1.12. The van der Waals surface area contributed by atoms with Gasteiger partial charge in [0.2, 0.25) is 0 Å². The maximum Gasteiger partial charge on any atom is 0.357 e. The second kappa shape index (κ2) is 8.37. The Morgan fingerprint density at radius 2 is 1.44 bits per heavy atom. The summed E-state index contributed by atoms with van der Waals surface area (Å²) in [5.74, 6) is -1.84. The maximum absolute atomic E-state index is 12.9. The Morgan fingerprint density at radius 1 is 0.794 bits per heavy atom. The normalized spacial score (nSPS) is 13.1. The monoisotopic (exact) mass is 450 g/mol. The van der Waals surface area contributed by atoms with E-state index in [4.69, 9.17) is 4.74 Å². The zero-order valence-corrected chi connectivity index (χ0v) is 18.1. The molecule has 1 heterocycles. The van der Waals surface area contributed by atoms with E-state index in [1.807, 2.05) is 18.2 Å². The molecule has 4 aromatic rings. The Kier molecular flexibility index (Phi) is 5.22. The van der Waals surface area contributed by atoms with Crippen molar-refractivity contribution in [3.63, 3.8) is 0 Å². The first kappa shape index (κ1) is 21.2. The number of hydrogen-bond donors (Lipinski definition) is 1. The van der Waals surface area contributed by atoms with Crippen LogP contribution in [0.25, 0.3) is 10.9 Å². The van der Waals surface area contributed by atoms with E-state index in [1.54, 1.807) is 42.5 Å². The fourth-order valence-corrected chi connectivity index (χ4v) is 3.88. The van der Waals surface area contributed by atoms with Gasteiger partial charge in [-0.3, -0.25) is 14.4 Å². The average Bonchev–Trinajstić information content (AvgIpc) is 2.86. The van der Waals surface area contributed by atoms with Crippen LogP contribution in [0.15, 0.2) is 78.9 Å². The fraction of sp³-hybridized carbons (Fsp3) is 0.0741. The van der Waals surface area contributed by atoms with Crippen molar-refractivity contribution in [2.75, 3.05) is 5.32 Å². The highest BCUT2D eigenvalue weighted by Crippen LogP contribution is 2.29. The predicted molar refractivity (Wildman–Crippen MR) is 125 cm³/mol. The van der Waals surface area contributed by atoms with Gasteiger partial charge in [-0.2, -0.15) is 0 Å². The van der Waals surface area contributed by atoms with Crippen molar-refractivity contribution in [3.8, 4) is 0 Å². The topological polar surface area (TPSA) is 102 Å². The summed E-state index contributed by atoms with van der Waals surface area (Å²) >= 11 is 0. The van der Waals surface area contributed by atoms with Crippen LogP contribution in [0.2, 0.25) is 0 Å². The number of ether oxygens (including phenoxy) is 1. The fourth-order valence-electron chi connectivity index (χ4n) is 3.88. The molecule has 0 spiro atoms. The van der Waals surface area contributed by atoms with Crippen molar-refractivity contribution in [1.82, 2.24) is 4.98 Å². The number of amides is 1. The van der Waals surface area contributed by atoms with Crippen LogP contribution in [0.4, 0.5) is 5.69 Å². The average molecular weight is 450 g/mol. The Bertz CT molecular complexity index is 1510. The van der Waals surface area contributed by atoms with E-state index in [2.05, 4.69) is 10.3 Å². The van der Waals surface area contributed by atoms with Crippen LogP contribution in [-0.4, -0.2) is 34.5 Å². The van der Waals surface area contributed by atoms with E-state index in [0.29, 0.717) is 22.3 Å². The third-order valence-electron chi connectivity index (χ3n) is 5.65. The highest BCUT2D eigenvalue weighted by atomic mass is 16.5. The first-order valence-electron chi connectivity index (χ1n) is 10.6. The van der Waals surface area contributed by atoms with Gasteiger partial charge in [0.1, 0.15) is 5.69 Å². The number of rotatable bonds is 4. The Balaban J connectivity index is 1.31. The van der Waals surface area contributed by atoms with Gasteiger partial charge in [0.05, 0.1) is 5.52 Å². The molecule has 7 nitrogen and oxygen atoms in total. The zero-order chi connectivity index (χ0) is 23.8. The van der Waals surface area contributed by atoms with Gasteiger partial charge in [-0.25, -0.2) is 9.78 Å². The molecule has 0 saturated heterocycles. The van der Waals surface area contributed by atoms with E-state index in [0.717, 1.165) is 5.39 Å². The van der Waals surface area contributed by atoms with Gasteiger partial charge in [0, 0.05) is 33.3 Å². The number of aromatic nitrogens is 1. The lowest BCUT2D eigenvalue weighted by atomic mass is 9.84. The smallest absolute Gasteiger partial charge is 0.357 e. The van der Waals surface area contributed by atoms with Crippen molar-refractivity contribution in [3.05, 3.63) is 107 Å².